The van der Waals surface area contributed by atoms with Crippen molar-refractivity contribution in [3.05, 3.63) is 68.8 Å². The van der Waals surface area contributed by atoms with E-state index in [2.05, 4.69) is 5.32 Å². The fourth-order valence-corrected chi connectivity index (χ4v) is 3.62. The zero-order valence-corrected chi connectivity index (χ0v) is 16.5. The molecule has 5 nitrogen and oxygen atoms in total. The molecule has 0 saturated heterocycles. The van der Waals surface area contributed by atoms with E-state index >= 15 is 0 Å². The Morgan fingerprint density at radius 2 is 1.85 bits per heavy atom. The molecule has 0 aliphatic heterocycles. The lowest BCUT2D eigenvalue weighted by atomic mass is 10.1. The molecule has 1 aromatic heterocycles. The van der Waals surface area contributed by atoms with Crippen molar-refractivity contribution >= 4 is 46.0 Å². The summed E-state index contributed by atoms with van der Waals surface area (Å²) in [7, 11) is 1.81. The minimum absolute atomic E-state index is 0.0981. The number of benzene rings is 2. The summed E-state index contributed by atoms with van der Waals surface area (Å²) in [4.78, 5) is 23.8. The Hall–Kier alpha value is -2.50. The largest absolute Gasteiger partial charge is 0.478 e. The van der Waals surface area contributed by atoms with Crippen molar-refractivity contribution in [2.24, 2.45) is 7.05 Å². The van der Waals surface area contributed by atoms with Crippen LogP contribution in [0.15, 0.2) is 36.4 Å². The first-order valence-electron chi connectivity index (χ1n) is 8.29. The number of carbonyl (C=O) groups is 2. The molecule has 2 aromatic carbocycles. The zero-order chi connectivity index (χ0) is 19.9. The number of aromatic nitrogens is 1. The SMILES string of the molecule is Cc1ccc2c(cc(C(=O)NC(C)c3ccc(C(=O)O)cc3Cl)n2C)c1Cl. The van der Waals surface area contributed by atoms with Gasteiger partial charge in [0.2, 0.25) is 0 Å². The molecule has 7 heteroatoms. The maximum Gasteiger partial charge on any atom is 0.335 e. The lowest BCUT2D eigenvalue weighted by Gasteiger charge is -2.16. The van der Waals surface area contributed by atoms with E-state index in [1.165, 1.54) is 12.1 Å². The number of carboxylic acid groups (broad SMARTS) is 1. The van der Waals surface area contributed by atoms with Gasteiger partial charge in [0.25, 0.3) is 5.91 Å². The third-order valence-electron chi connectivity index (χ3n) is 4.65. The zero-order valence-electron chi connectivity index (χ0n) is 15.0. The number of carboxylic acids is 1. The molecule has 27 heavy (non-hydrogen) atoms. The van der Waals surface area contributed by atoms with E-state index in [0.717, 1.165) is 16.5 Å². The first-order chi connectivity index (χ1) is 12.7. The van der Waals surface area contributed by atoms with Crippen molar-refractivity contribution in [2.75, 3.05) is 0 Å². The molecule has 1 heterocycles. The maximum atomic E-state index is 12.8. The molecule has 0 saturated carbocycles. The van der Waals surface area contributed by atoms with E-state index in [1.54, 1.807) is 23.6 Å². The summed E-state index contributed by atoms with van der Waals surface area (Å²) in [6.45, 7) is 3.71. The Kier molecular flexibility index (Phi) is 5.18. The summed E-state index contributed by atoms with van der Waals surface area (Å²) in [5.41, 5.74) is 3.03. The molecule has 3 rings (SSSR count). The van der Waals surface area contributed by atoms with Crippen LogP contribution >= 0.6 is 23.2 Å². The number of carbonyl (C=O) groups excluding carboxylic acids is 1. The number of aromatic carboxylic acids is 1. The van der Waals surface area contributed by atoms with Gasteiger partial charge in [-0.2, -0.15) is 0 Å². The van der Waals surface area contributed by atoms with Crippen LogP contribution in [0.4, 0.5) is 0 Å². The number of hydrogen-bond donors (Lipinski definition) is 2. The summed E-state index contributed by atoms with van der Waals surface area (Å²) < 4.78 is 1.79. The highest BCUT2D eigenvalue weighted by Gasteiger charge is 2.19. The van der Waals surface area contributed by atoms with Gasteiger partial charge >= 0.3 is 5.97 Å². The van der Waals surface area contributed by atoms with Crippen molar-refractivity contribution in [3.63, 3.8) is 0 Å². The first kappa shape index (κ1) is 19.3. The van der Waals surface area contributed by atoms with Gasteiger partial charge in [-0.05, 0) is 49.2 Å². The fraction of sp³-hybridized carbons (Fsp3) is 0.200. The highest BCUT2D eigenvalue weighted by Crippen LogP contribution is 2.30. The Balaban J connectivity index is 1.89. The lowest BCUT2D eigenvalue weighted by Crippen LogP contribution is -2.28. The molecule has 0 bridgehead atoms. The van der Waals surface area contributed by atoms with Gasteiger partial charge in [-0.1, -0.05) is 35.3 Å². The van der Waals surface area contributed by atoms with Gasteiger partial charge in [0.05, 0.1) is 16.6 Å². The van der Waals surface area contributed by atoms with Gasteiger partial charge in [-0.15, -0.1) is 0 Å². The minimum atomic E-state index is -1.05. The molecule has 1 unspecified atom stereocenters. The molecule has 3 aromatic rings. The Morgan fingerprint density at radius 3 is 2.48 bits per heavy atom. The molecule has 1 amide bonds. The maximum absolute atomic E-state index is 12.8. The van der Waals surface area contributed by atoms with Gasteiger partial charge in [0, 0.05) is 23.0 Å². The molecular formula is C20H18Cl2N2O3. The summed E-state index contributed by atoms with van der Waals surface area (Å²) in [6.07, 6.45) is 0. The van der Waals surface area contributed by atoms with Crippen LogP contribution in [0.25, 0.3) is 10.9 Å². The standard InChI is InChI=1S/C20H18Cl2N2O3/c1-10-4-7-16-14(18(10)22)9-17(24(16)3)19(25)23-11(2)13-6-5-12(20(26)27)8-15(13)21/h4-9,11H,1-3H3,(H,23,25)(H,26,27). The molecular weight excluding hydrogens is 387 g/mol. The number of aryl methyl sites for hydroxylation is 2. The number of nitrogens with one attached hydrogen (secondary N) is 1. The quantitative estimate of drug-likeness (QED) is 0.643. The van der Waals surface area contributed by atoms with Crippen LogP contribution in [0.1, 0.15) is 44.9 Å². The van der Waals surface area contributed by atoms with Crippen molar-refractivity contribution in [2.45, 2.75) is 19.9 Å². The monoisotopic (exact) mass is 404 g/mol. The van der Waals surface area contributed by atoms with Crippen molar-refractivity contribution in [1.82, 2.24) is 9.88 Å². The van der Waals surface area contributed by atoms with Crippen molar-refractivity contribution in [3.8, 4) is 0 Å². The minimum Gasteiger partial charge on any atom is -0.478 e. The normalized spacial score (nSPS) is 12.2. The number of hydrogen-bond acceptors (Lipinski definition) is 2. The summed E-state index contributed by atoms with van der Waals surface area (Å²) >= 11 is 12.6. The highest BCUT2D eigenvalue weighted by atomic mass is 35.5. The van der Waals surface area contributed by atoms with Crippen LogP contribution in [-0.2, 0) is 7.05 Å². The molecule has 0 spiro atoms. The van der Waals surface area contributed by atoms with Gasteiger partial charge in [0.15, 0.2) is 0 Å². The summed E-state index contributed by atoms with van der Waals surface area (Å²) in [5, 5.41) is 13.7. The van der Waals surface area contributed by atoms with Crippen LogP contribution in [-0.4, -0.2) is 21.6 Å². The van der Waals surface area contributed by atoms with E-state index in [-0.39, 0.29) is 11.5 Å². The van der Waals surface area contributed by atoms with Crippen LogP contribution in [0.5, 0.6) is 0 Å². The van der Waals surface area contributed by atoms with E-state index < -0.39 is 12.0 Å². The molecule has 2 N–H and O–H groups in total. The Bertz CT molecular complexity index is 1070. The van der Waals surface area contributed by atoms with Gasteiger partial charge < -0.3 is 15.0 Å². The van der Waals surface area contributed by atoms with Gasteiger partial charge in [-0.25, -0.2) is 4.79 Å². The summed E-state index contributed by atoms with van der Waals surface area (Å²) in [5.74, 6) is -1.32. The number of rotatable bonds is 4. The molecule has 0 fully saturated rings. The van der Waals surface area contributed by atoms with Crippen molar-refractivity contribution in [1.29, 1.82) is 0 Å². The van der Waals surface area contributed by atoms with E-state index in [0.29, 0.717) is 21.3 Å². The average molecular weight is 405 g/mol. The van der Waals surface area contributed by atoms with Crippen molar-refractivity contribution < 1.29 is 14.7 Å². The fourth-order valence-electron chi connectivity index (χ4n) is 3.06. The smallest absolute Gasteiger partial charge is 0.335 e. The average Bonchev–Trinajstić information content (AvgIpc) is 2.95. The third-order valence-corrected chi connectivity index (χ3v) is 5.48. The van der Waals surface area contributed by atoms with E-state index in [4.69, 9.17) is 28.3 Å². The van der Waals surface area contributed by atoms with Crippen LogP contribution in [0.2, 0.25) is 10.0 Å². The Morgan fingerprint density at radius 1 is 1.15 bits per heavy atom. The first-order valence-corrected chi connectivity index (χ1v) is 9.04. The second kappa shape index (κ2) is 7.25. The predicted molar refractivity (Wildman–Crippen MR) is 107 cm³/mol. The molecule has 140 valence electrons. The number of amides is 1. The van der Waals surface area contributed by atoms with E-state index in [9.17, 15) is 9.59 Å². The molecule has 0 aliphatic rings. The second-order valence-electron chi connectivity index (χ2n) is 6.45. The Labute approximate surface area is 166 Å². The lowest BCUT2D eigenvalue weighted by molar-refractivity contribution is 0.0696. The van der Waals surface area contributed by atoms with E-state index in [1.807, 2.05) is 26.1 Å². The van der Waals surface area contributed by atoms with Gasteiger partial charge in [-0.3, -0.25) is 4.79 Å². The van der Waals surface area contributed by atoms with Crippen LogP contribution in [0, 0.1) is 6.92 Å². The number of fused-ring (bicyclic) bond motifs is 1. The summed E-state index contributed by atoms with van der Waals surface area (Å²) in [6, 6.07) is 9.66. The third kappa shape index (κ3) is 3.53. The van der Waals surface area contributed by atoms with Crippen LogP contribution < -0.4 is 5.32 Å². The molecule has 0 radical (unpaired) electrons. The van der Waals surface area contributed by atoms with Crippen LogP contribution in [0.3, 0.4) is 0 Å². The number of nitrogens with zero attached hydrogens (tertiary/aromatic N) is 1. The van der Waals surface area contributed by atoms with Gasteiger partial charge in [0.1, 0.15) is 5.69 Å². The second-order valence-corrected chi connectivity index (χ2v) is 7.24. The highest BCUT2D eigenvalue weighted by molar-refractivity contribution is 6.36. The predicted octanol–water partition coefficient (Wildman–Crippen LogP) is 4.98. The molecule has 1 atom stereocenters. The topological polar surface area (TPSA) is 71.3 Å². The molecule has 0 aliphatic carbocycles. The number of halogens is 2.